The Balaban J connectivity index is 1.49. The number of H-pyrrole nitrogens is 1. The normalized spacial score (nSPS) is 30.5. The Morgan fingerprint density at radius 2 is 1.67 bits per heavy atom. The van der Waals surface area contributed by atoms with Gasteiger partial charge < -0.3 is 0 Å². The molecule has 2 bridgehead atoms. The summed E-state index contributed by atoms with van der Waals surface area (Å²) in [6.07, 6.45) is 5.04. The van der Waals surface area contributed by atoms with Gasteiger partial charge in [0, 0.05) is 10.6 Å². The molecule has 0 radical (unpaired) electrons. The van der Waals surface area contributed by atoms with Crippen molar-refractivity contribution in [1.29, 1.82) is 0 Å². The van der Waals surface area contributed by atoms with E-state index in [1.807, 2.05) is 0 Å². The molecule has 1 N–H and O–H groups in total. The van der Waals surface area contributed by atoms with Gasteiger partial charge in [0.2, 0.25) is 11.8 Å². The first kappa shape index (κ1) is 13.9. The van der Waals surface area contributed by atoms with Gasteiger partial charge in [0.1, 0.15) is 0 Å². The number of fused-ring (bicyclic) bond motifs is 5. The van der Waals surface area contributed by atoms with Crippen LogP contribution in [0.25, 0.3) is 11.4 Å². The van der Waals surface area contributed by atoms with Gasteiger partial charge in [-0.1, -0.05) is 23.8 Å². The van der Waals surface area contributed by atoms with E-state index < -0.39 is 0 Å². The van der Waals surface area contributed by atoms with E-state index in [4.69, 9.17) is 11.6 Å². The molecule has 4 unspecified atom stereocenters. The number of halogens is 1. The lowest BCUT2D eigenvalue weighted by Gasteiger charge is -2.14. The number of rotatable bonds is 2. The number of nitrogens with one attached hydrogen (secondary N) is 1. The highest BCUT2D eigenvalue weighted by atomic mass is 35.5. The fourth-order valence-electron chi connectivity index (χ4n) is 4.19. The van der Waals surface area contributed by atoms with Gasteiger partial charge in [-0.3, -0.25) is 14.7 Å². The number of amides is 2. The van der Waals surface area contributed by atoms with Crippen LogP contribution >= 0.6 is 11.6 Å². The van der Waals surface area contributed by atoms with Crippen LogP contribution in [0, 0.1) is 23.7 Å². The van der Waals surface area contributed by atoms with Gasteiger partial charge in [-0.2, -0.15) is 4.98 Å². The number of anilines is 1. The second-order valence-electron chi connectivity index (χ2n) is 6.50. The van der Waals surface area contributed by atoms with Crippen molar-refractivity contribution in [3.63, 3.8) is 0 Å². The molecule has 1 saturated carbocycles. The minimum absolute atomic E-state index is 0.128. The van der Waals surface area contributed by atoms with Crippen molar-refractivity contribution in [3.05, 3.63) is 41.4 Å². The van der Waals surface area contributed by atoms with E-state index in [2.05, 4.69) is 27.3 Å². The quantitative estimate of drug-likeness (QED) is 0.672. The zero-order valence-corrected chi connectivity index (χ0v) is 13.3. The molecular weight excluding hydrogens is 328 g/mol. The fourth-order valence-corrected chi connectivity index (χ4v) is 4.32. The number of nitrogens with zero attached hydrogens (tertiary/aromatic N) is 3. The van der Waals surface area contributed by atoms with E-state index in [9.17, 15) is 9.59 Å². The molecule has 2 aromatic rings. The van der Waals surface area contributed by atoms with Crippen molar-refractivity contribution in [2.24, 2.45) is 23.7 Å². The summed E-state index contributed by atoms with van der Waals surface area (Å²) in [6.45, 7) is 0. The smallest absolute Gasteiger partial charge is 0.258 e. The van der Waals surface area contributed by atoms with Crippen LogP contribution in [-0.4, -0.2) is 27.0 Å². The molecule has 3 aliphatic rings. The minimum atomic E-state index is -0.245. The van der Waals surface area contributed by atoms with Gasteiger partial charge in [-0.25, -0.2) is 4.90 Å². The second-order valence-corrected chi connectivity index (χ2v) is 6.94. The third kappa shape index (κ3) is 1.77. The number of carbonyl (C=O) groups excluding carboxylic acids is 2. The van der Waals surface area contributed by atoms with Crippen molar-refractivity contribution >= 4 is 29.4 Å². The molecule has 120 valence electrons. The highest BCUT2D eigenvalue weighted by Gasteiger charge is 2.60. The summed E-state index contributed by atoms with van der Waals surface area (Å²) >= 11 is 5.88. The molecule has 1 aromatic heterocycles. The van der Waals surface area contributed by atoms with E-state index in [1.165, 1.54) is 0 Å². The van der Waals surface area contributed by atoms with E-state index in [0.29, 0.717) is 10.8 Å². The van der Waals surface area contributed by atoms with Gasteiger partial charge in [-0.05, 0) is 42.5 Å². The van der Waals surface area contributed by atoms with E-state index in [-0.39, 0.29) is 41.4 Å². The Bertz CT molecular complexity index is 858. The van der Waals surface area contributed by atoms with Crippen LogP contribution in [-0.2, 0) is 9.59 Å². The third-order valence-corrected chi connectivity index (χ3v) is 5.51. The Kier molecular flexibility index (Phi) is 2.77. The Labute approximate surface area is 142 Å². The lowest BCUT2D eigenvalue weighted by atomic mass is 9.85. The zero-order valence-electron chi connectivity index (χ0n) is 12.5. The predicted molar refractivity (Wildman–Crippen MR) is 87.0 cm³/mol. The fraction of sp³-hybridized carbons (Fsp3) is 0.294. The van der Waals surface area contributed by atoms with E-state index in [1.54, 1.807) is 24.3 Å². The molecule has 0 spiro atoms. The average molecular weight is 341 g/mol. The Morgan fingerprint density at radius 3 is 2.29 bits per heavy atom. The maximum absolute atomic E-state index is 12.7. The van der Waals surface area contributed by atoms with Crippen molar-refractivity contribution in [1.82, 2.24) is 15.2 Å². The van der Waals surface area contributed by atoms with Gasteiger partial charge in [0.05, 0.1) is 11.8 Å². The lowest BCUT2D eigenvalue weighted by Crippen LogP contribution is -2.33. The summed E-state index contributed by atoms with van der Waals surface area (Å²) in [4.78, 5) is 31.0. The maximum atomic E-state index is 12.7. The molecule has 1 aromatic carbocycles. The van der Waals surface area contributed by atoms with Gasteiger partial charge in [0.15, 0.2) is 5.82 Å². The molecular formula is C17H13ClN4O2. The molecule has 24 heavy (non-hydrogen) atoms. The predicted octanol–water partition coefficient (Wildman–Crippen LogP) is 2.44. The summed E-state index contributed by atoms with van der Waals surface area (Å²) < 4.78 is 0. The summed E-state index contributed by atoms with van der Waals surface area (Å²) in [5.74, 6) is 0.137. The molecule has 5 rings (SSSR count). The molecule has 1 saturated heterocycles. The van der Waals surface area contributed by atoms with E-state index in [0.717, 1.165) is 16.9 Å². The molecule has 2 aliphatic carbocycles. The van der Waals surface area contributed by atoms with Crippen molar-refractivity contribution in [2.75, 3.05) is 4.90 Å². The van der Waals surface area contributed by atoms with Crippen LogP contribution < -0.4 is 4.90 Å². The second kappa shape index (κ2) is 4.77. The SMILES string of the molecule is O=C1C2C3C=CC(C3)C2C(=O)N1c1n[nH]c(-c2ccc(Cl)cc2)n1. The Morgan fingerprint density at radius 1 is 1.04 bits per heavy atom. The lowest BCUT2D eigenvalue weighted by molar-refractivity contribution is -0.123. The first-order valence-electron chi connectivity index (χ1n) is 7.88. The summed E-state index contributed by atoms with van der Waals surface area (Å²) in [5.41, 5.74) is 0.791. The number of allylic oxidation sites excluding steroid dienone is 2. The molecule has 6 nitrogen and oxygen atoms in total. The van der Waals surface area contributed by atoms with Crippen molar-refractivity contribution in [3.8, 4) is 11.4 Å². The number of carbonyl (C=O) groups is 2. The number of benzene rings is 1. The number of hydrogen-bond donors (Lipinski definition) is 1. The van der Waals surface area contributed by atoms with Gasteiger partial charge >= 0.3 is 0 Å². The van der Waals surface area contributed by atoms with Crippen LogP contribution in [0.3, 0.4) is 0 Å². The number of imide groups is 1. The molecule has 4 atom stereocenters. The van der Waals surface area contributed by atoms with Crippen LogP contribution in [0.5, 0.6) is 0 Å². The first-order chi connectivity index (χ1) is 11.6. The topological polar surface area (TPSA) is 79.0 Å². The van der Waals surface area contributed by atoms with Crippen LogP contribution in [0.4, 0.5) is 5.95 Å². The monoisotopic (exact) mass is 340 g/mol. The highest BCUT2D eigenvalue weighted by Crippen LogP contribution is 2.52. The summed E-state index contributed by atoms with van der Waals surface area (Å²) in [7, 11) is 0. The van der Waals surface area contributed by atoms with Gasteiger partial charge in [0.25, 0.3) is 5.95 Å². The largest absolute Gasteiger partial charge is 0.274 e. The summed E-state index contributed by atoms with van der Waals surface area (Å²) in [6, 6.07) is 7.11. The molecule has 2 amide bonds. The zero-order chi connectivity index (χ0) is 16.4. The van der Waals surface area contributed by atoms with Crippen molar-refractivity contribution < 1.29 is 9.59 Å². The highest BCUT2D eigenvalue weighted by molar-refractivity contribution is 6.30. The maximum Gasteiger partial charge on any atom is 0.258 e. The van der Waals surface area contributed by atoms with Gasteiger partial charge in [-0.15, -0.1) is 5.10 Å². The average Bonchev–Trinajstić information content (AvgIpc) is 3.32. The van der Waals surface area contributed by atoms with Crippen LogP contribution in [0.15, 0.2) is 36.4 Å². The molecule has 2 fully saturated rings. The molecule has 2 heterocycles. The minimum Gasteiger partial charge on any atom is -0.274 e. The standard InChI is InChI=1S/C17H13ClN4O2/c18-11-5-3-8(4-6-11)14-19-17(21-20-14)22-15(23)12-9-1-2-10(7-9)13(12)16(22)24/h1-6,9-10,12-13H,7H2,(H,19,20,21). The third-order valence-electron chi connectivity index (χ3n) is 5.26. The van der Waals surface area contributed by atoms with Crippen molar-refractivity contribution in [2.45, 2.75) is 6.42 Å². The summed E-state index contributed by atoms with van der Waals surface area (Å²) in [5, 5.41) is 7.51. The van der Waals surface area contributed by atoms with E-state index >= 15 is 0 Å². The first-order valence-corrected chi connectivity index (χ1v) is 8.26. The number of hydrogen-bond acceptors (Lipinski definition) is 4. The number of aromatic nitrogens is 3. The van der Waals surface area contributed by atoms with Crippen LogP contribution in [0.1, 0.15) is 6.42 Å². The Hall–Kier alpha value is -2.47. The number of aromatic amines is 1. The van der Waals surface area contributed by atoms with Crippen LogP contribution in [0.2, 0.25) is 5.02 Å². The molecule has 1 aliphatic heterocycles. The molecule has 7 heteroatoms.